The maximum Gasteiger partial charge on any atom is 0.191 e. The van der Waals surface area contributed by atoms with Crippen molar-refractivity contribution in [3.05, 3.63) is 31.2 Å². The Labute approximate surface area is 169 Å². The predicted octanol–water partition coefficient (Wildman–Crippen LogP) is 4.13. The van der Waals surface area contributed by atoms with Crippen LogP contribution in [0.3, 0.4) is 0 Å². The lowest BCUT2D eigenvalue weighted by atomic mass is 10.1. The molecule has 0 fully saturated rings. The van der Waals surface area contributed by atoms with Crippen molar-refractivity contribution in [3.8, 4) is 0 Å². The van der Waals surface area contributed by atoms with Gasteiger partial charge in [-0.15, -0.1) is 46.7 Å². The molecule has 2 rings (SSSR count). The summed E-state index contributed by atoms with van der Waals surface area (Å²) in [5.41, 5.74) is 2.29. The Morgan fingerprint density at radius 1 is 1.08 bits per heavy atom. The van der Waals surface area contributed by atoms with Gasteiger partial charge < -0.3 is 10.6 Å². The molecule has 0 aliphatic heterocycles. The number of nitrogens with zero attached hydrogens (tertiary/aromatic N) is 3. The zero-order valence-corrected chi connectivity index (χ0v) is 19.0. The second-order valence-corrected chi connectivity index (χ2v) is 8.30. The van der Waals surface area contributed by atoms with Crippen molar-refractivity contribution < 1.29 is 0 Å². The van der Waals surface area contributed by atoms with Gasteiger partial charge in [0.25, 0.3) is 0 Å². The highest BCUT2D eigenvalue weighted by molar-refractivity contribution is 14.0. The fourth-order valence-corrected chi connectivity index (χ4v) is 4.26. The number of hydrogen-bond donors (Lipinski definition) is 2. The van der Waals surface area contributed by atoms with E-state index in [0.717, 1.165) is 28.2 Å². The summed E-state index contributed by atoms with van der Waals surface area (Å²) in [5, 5.41) is 8.87. The lowest BCUT2D eigenvalue weighted by molar-refractivity contribution is 0.783. The van der Waals surface area contributed by atoms with Gasteiger partial charge in [-0.1, -0.05) is 13.8 Å². The van der Waals surface area contributed by atoms with Crippen molar-refractivity contribution in [2.75, 3.05) is 7.05 Å². The Hall–Kier alpha value is -0.740. The predicted molar refractivity (Wildman–Crippen MR) is 115 cm³/mol. The number of guanidine groups is 1. The van der Waals surface area contributed by atoms with E-state index in [1.165, 1.54) is 15.4 Å². The van der Waals surface area contributed by atoms with E-state index in [1.54, 1.807) is 29.7 Å². The summed E-state index contributed by atoms with van der Waals surface area (Å²) in [6.07, 6.45) is 0. The second kappa shape index (κ2) is 9.67. The first-order valence-electron chi connectivity index (χ1n) is 7.74. The molecule has 0 unspecified atom stereocenters. The van der Waals surface area contributed by atoms with Crippen molar-refractivity contribution >= 4 is 52.6 Å². The molecule has 0 radical (unpaired) electrons. The first-order valence-corrected chi connectivity index (χ1v) is 9.37. The largest absolute Gasteiger partial charge is 0.351 e. The molecule has 0 saturated heterocycles. The highest BCUT2D eigenvalue weighted by Gasteiger charge is 2.11. The van der Waals surface area contributed by atoms with Gasteiger partial charge in [-0.05, 0) is 26.7 Å². The van der Waals surface area contributed by atoms with Crippen LogP contribution < -0.4 is 10.6 Å². The zero-order chi connectivity index (χ0) is 17.0. The average molecular weight is 479 g/mol. The highest BCUT2D eigenvalue weighted by atomic mass is 127. The molecule has 0 aliphatic rings. The molecule has 0 aliphatic carbocycles. The lowest BCUT2D eigenvalue weighted by Crippen LogP contribution is -2.36. The second-order valence-electron chi connectivity index (χ2n) is 5.72. The molecule has 8 heteroatoms. The number of aliphatic imine (C=N–C) groups is 1. The summed E-state index contributed by atoms with van der Waals surface area (Å²) in [5.74, 6) is 1.25. The van der Waals surface area contributed by atoms with E-state index in [-0.39, 0.29) is 24.0 Å². The molecule has 2 N–H and O–H groups in total. The van der Waals surface area contributed by atoms with Crippen molar-refractivity contribution in [2.45, 2.75) is 53.6 Å². The number of aryl methyl sites for hydroxylation is 3. The third-order valence-corrected chi connectivity index (χ3v) is 5.53. The maximum absolute atomic E-state index is 4.72. The standard InChI is InChI=1S/C16H25N5S2.HI/c1-9(2)15-11(4)22-14(21-15)8-19-16(17-6)18-7-13-10(3)20-12(5)23-13;/h9H,7-8H2,1-6H3,(H2,17,18,19);1H. The quantitative estimate of drug-likeness (QED) is 0.385. The van der Waals surface area contributed by atoms with Crippen molar-refractivity contribution in [1.82, 2.24) is 20.6 Å². The van der Waals surface area contributed by atoms with Crippen LogP contribution in [-0.4, -0.2) is 23.0 Å². The minimum absolute atomic E-state index is 0. The fraction of sp³-hybridized carbons (Fsp3) is 0.562. The molecule has 134 valence electrons. The number of aromatic nitrogens is 2. The zero-order valence-electron chi connectivity index (χ0n) is 15.1. The van der Waals surface area contributed by atoms with E-state index in [9.17, 15) is 0 Å². The van der Waals surface area contributed by atoms with Crippen LogP contribution in [0.5, 0.6) is 0 Å². The molecule has 0 amide bonds. The minimum Gasteiger partial charge on any atom is -0.351 e. The van der Waals surface area contributed by atoms with E-state index < -0.39 is 0 Å². The molecule has 2 aromatic rings. The van der Waals surface area contributed by atoms with Gasteiger partial charge >= 0.3 is 0 Å². The third-order valence-electron chi connectivity index (χ3n) is 3.47. The average Bonchev–Trinajstić information content (AvgIpc) is 3.01. The first kappa shape index (κ1) is 21.3. The van der Waals surface area contributed by atoms with E-state index in [2.05, 4.69) is 41.4 Å². The van der Waals surface area contributed by atoms with E-state index in [1.807, 2.05) is 13.8 Å². The summed E-state index contributed by atoms with van der Waals surface area (Å²) in [4.78, 5) is 16.0. The summed E-state index contributed by atoms with van der Waals surface area (Å²) < 4.78 is 0. The molecule has 5 nitrogen and oxygen atoms in total. The van der Waals surface area contributed by atoms with Crippen LogP contribution in [0, 0.1) is 20.8 Å². The normalized spacial score (nSPS) is 11.5. The molecule has 0 saturated carbocycles. The maximum atomic E-state index is 4.72. The van der Waals surface area contributed by atoms with Gasteiger partial charge in [0, 0.05) is 16.8 Å². The monoisotopic (exact) mass is 479 g/mol. The van der Waals surface area contributed by atoms with Crippen LogP contribution in [0.25, 0.3) is 0 Å². The molecule has 2 aromatic heterocycles. The van der Waals surface area contributed by atoms with Gasteiger partial charge in [0.2, 0.25) is 0 Å². The number of thiazole rings is 2. The fourth-order valence-electron chi connectivity index (χ4n) is 2.36. The summed E-state index contributed by atoms with van der Waals surface area (Å²) in [7, 11) is 1.78. The van der Waals surface area contributed by atoms with Gasteiger partial charge in [0.1, 0.15) is 5.01 Å². The number of rotatable bonds is 5. The van der Waals surface area contributed by atoms with Crippen molar-refractivity contribution in [3.63, 3.8) is 0 Å². The van der Waals surface area contributed by atoms with Crippen molar-refractivity contribution in [2.24, 2.45) is 4.99 Å². The molecule has 0 bridgehead atoms. The summed E-state index contributed by atoms with van der Waals surface area (Å²) in [6, 6.07) is 0. The molecule has 0 atom stereocenters. The summed E-state index contributed by atoms with van der Waals surface area (Å²) in [6.45, 7) is 12.0. The molecule has 24 heavy (non-hydrogen) atoms. The van der Waals surface area contributed by atoms with E-state index in [4.69, 9.17) is 4.98 Å². The minimum atomic E-state index is 0. The Bertz CT molecular complexity index is 691. The smallest absolute Gasteiger partial charge is 0.191 e. The SMILES string of the molecule is CN=C(NCc1nc(C(C)C)c(C)s1)NCc1sc(C)nc1C.I. The summed E-state index contributed by atoms with van der Waals surface area (Å²) >= 11 is 3.47. The van der Waals surface area contributed by atoms with Gasteiger partial charge in [-0.2, -0.15) is 0 Å². The van der Waals surface area contributed by atoms with E-state index >= 15 is 0 Å². The van der Waals surface area contributed by atoms with Gasteiger partial charge in [-0.25, -0.2) is 9.97 Å². The first-order chi connectivity index (χ1) is 10.9. The topological polar surface area (TPSA) is 62.2 Å². The molecule has 0 aromatic carbocycles. The number of halogens is 1. The van der Waals surface area contributed by atoms with Crippen molar-refractivity contribution in [1.29, 1.82) is 0 Å². The van der Waals surface area contributed by atoms with Gasteiger partial charge in [-0.3, -0.25) is 4.99 Å². The van der Waals surface area contributed by atoms with Gasteiger partial charge in [0.05, 0.1) is 29.5 Å². The highest BCUT2D eigenvalue weighted by Crippen LogP contribution is 2.23. The Balaban J connectivity index is 0.00000288. The van der Waals surface area contributed by atoms with Crippen LogP contribution >= 0.6 is 46.7 Å². The Morgan fingerprint density at radius 2 is 1.75 bits per heavy atom. The van der Waals surface area contributed by atoms with Crippen LogP contribution in [0.15, 0.2) is 4.99 Å². The van der Waals surface area contributed by atoms with Crippen LogP contribution in [0.1, 0.15) is 50.9 Å². The van der Waals surface area contributed by atoms with Crippen LogP contribution in [0.2, 0.25) is 0 Å². The number of nitrogens with one attached hydrogen (secondary N) is 2. The molecule has 0 spiro atoms. The molecular weight excluding hydrogens is 453 g/mol. The Kier molecular flexibility index (Phi) is 8.58. The Morgan fingerprint density at radius 3 is 2.25 bits per heavy atom. The van der Waals surface area contributed by atoms with Crippen LogP contribution in [-0.2, 0) is 13.1 Å². The van der Waals surface area contributed by atoms with Crippen LogP contribution in [0.4, 0.5) is 0 Å². The third kappa shape index (κ3) is 5.66. The van der Waals surface area contributed by atoms with Gasteiger partial charge in [0.15, 0.2) is 5.96 Å². The number of hydrogen-bond acceptors (Lipinski definition) is 5. The lowest BCUT2D eigenvalue weighted by Gasteiger charge is -2.10. The van der Waals surface area contributed by atoms with E-state index in [0.29, 0.717) is 12.5 Å². The molecule has 2 heterocycles. The molecular formula is C16H26IN5S2.